The number of aromatic nitrogens is 2. The van der Waals surface area contributed by atoms with Crippen molar-refractivity contribution in [3.8, 4) is 0 Å². The summed E-state index contributed by atoms with van der Waals surface area (Å²) >= 11 is 0. The van der Waals surface area contributed by atoms with Crippen molar-refractivity contribution < 1.29 is 14.6 Å². The van der Waals surface area contributed by atoms with E-state index in [2.05, 4.69) is 10.3 Å². The van der Waals surface area contributed by atoms with Gasteiger partial charge in [0.25, 0.3) is 5.56 Å². The lowest BCUT2D eigenvalue weighted by Crippen LogP contribution is -2.39. The molecule has 3 N–H and O–H groups in total. The molecule has 4 aromatic rings. The van der Waals surface area contributed by atoms with Crippen LogP contribution in [0.2, 0.25) is 0 Å². The number of aliphatic hydroxyl groups is 1. The summed E-state index contributed by atoms with van der Waals surface area (Å²) < 4.78 is 8.08. The quantitative estimate of drug-likeness (QED) is 0.252. The standard InChI is InChI=1S/C30H31N3O5/c34-20-18-31-28(36)23(22-33-19-16-27(35)32-29(33)37)17-21-38-30(24-10-4-1-5-11-24,25-12-6-2-7-13-25)26-14-8-3-9-15-26/h1-16,19,23,34H,17-18,20-22H2,(H,31,36)(H,32,35,37). The number of aliphatic hydroxyl groups excluding tert-OH is 1. The number of benzene rings is 3. The van der Waals surface area contributed by atoms with Crippen molar-refractivity contribution in [3.63, 3.8) is 0 Å². The highest BCUT2D eigenvalue weighted by Gasteiger charge is 2.37. The maximum Gasteiger partial charge on any atom is 0.328 e. The fraction of sp³-hybridized carbons (Fsp3) is 0.233. The van der Waals surface area contributed by atoms with E-state index in [0.29, 0.717) is 0 Å². The van der Waals surface area contributed by atoms with E-state index in [9.17, 15) is 19.5 Å². The van der Waals surface area contributed by atoms with Gasteiger partial charge in [-0.1, -0.05) is 91.0 Å². The van der Waals surface area contributed by atoms with Crippen molar-refractivity contribution in [1.29, 1.82) is 0 Å². The van der Waals surface area contributed by atoms with Crippen molar-refractivity contribution >= 4 is 5.91 Å². The van der Waals surface area contributed by atoms with E-state index in [1.165, 1.54) is 16.8 Å². The maximum atomic E-state index is 13.0. The molecule has 196 valence electrons. The monoisotopic (exact) mass is 513 g/mol. The van der Waals surface area contributed by atoms with Gasteiger partial charge in [0.1, 0.15) is 5.60 Å². The summed E-state index contributed by atoms with van der Waals surface area (Å²) in [5.41, 5.74) is 0.784. The van der Waals surface area contributed by atoms with Crippen molar-refractivity contribution in [2.75, 3.05) is 19.8 Å². The molecule has 0 aliphatic carbocycles. The Morgan fingerprint density at radius 1 is 0.868 bits per heavy atom. The van der Waals surface area contributed by atoms with Crippen LogP contribution in [0.3, 0.4) is 0 Å². The minimum atomic E-state index is -0.940. The third kappa shape index (κ3) is 6.16. The summed E-state index contributed by atoms with van der Waals surface area (Å²) in [6.45, 7) is 0.130. The topological polar surface area (TPSA) is 113 Å². The Balaban J connectivity index is 1.68. The lowest BCUT2D eigenvalue weighted by atomic mass is 9.80. The van der Waals surface area contributed by atoms with E-state index in [1.807, 2.05) is 91.0 Å². The van der Waals surface area contributed by atoms with E-state index in [0.717, 1.165) is 16.7 Å². The smallest absolute Gasteiger partial charge is 0.328 e. The Labute approximate surface area is 220 Å². The number of H-pyrrole nitrogens is 1. The van der Waals surface area contributed by atoms with Gasteiger partial charge in [-0.25, -0.2) is 4.79 Å². The molecule has 0 saturated carbocycles. The van der Waals surface area contributed by atoms with Gasteiger partial charge in [-0.15, -0.1) is 0 Å². The highest BCUT2D eigenvalue weighted by molar-refractivity contribution is 5.78. The zero-order chi connectivity index (χ0) is 26.8. The van der Waals surface area contributed by atoms with Crippen molar-refractivity contribution in [2.45, 2.75) is 18.6 Å². The Hall–Kier alpha value is -4.27. The van der Waals surface area contributed by atoms with Crippen molar-refractivity contribution in [2.24, 2.45) is 5.92 Å². The molecule has 3 aromatic carbocycles. The normalized spacial score (nSPS) is 12.1. The minimum Gasteiger partial charge on any atom is -0.395 e. The molecule has 1 amide bonds. The van der Waals surface area contributed by atoms with Crippen LogP contribution in [0.25, 0.3) is 0 Å². The summed E-state index contributed by atoms with van der Waals surface area (Å²) in [6, 6.07) is 31.0. The van der Waals surface area contributed by atoms with E-state index in [-0.39, 0.29) is 38.6 Å². The van der Waals surface area contributed by atoms with Gasteiger partial charge in [0.15, 0.2) is 0 Å². The molecule has 0 saturated heterocycles. The number of hydrogen-bond donors (Lipinski definition) is 3. The predicted octanol–water partition coefficient (Wildman–Crippen LogP) is 2.66. The van der Waals surface area contributed by atoms with Gasteiger partial charge < -0.3 is 15.2 Å². The average molecular weight is 514 g/mol. The van der Waals surface area contributed by atoms with Crippen LogP contribution in [0.1, 0.15) is 23.1 Å². The number of rotatable bonds is 12. The van der Waals surface area contributed by atoms with Crippen LogP contribution in [0.15, 0.2) is 113 Å². The van der Waals surface area contributed by atoms with E-state index in [4.69, 9.17) is 4.74 Å². The Morgan fingerprint density at radius 2 is 1.39 bits per heavy atom. The zero-order valence-electron chi connectivity index (χ0n) is 21.0. The van der Waals surface area contributed by atoms with Crippen LogP contribution in [0, 0.1) is 5.92 Å². The first-order valence-corrected chi connectivity index (χ1v) is 12.5. The lowest BCUT2D eigenvalue weighted by molar-refractivity contribution is -0.126. The third-order valence-electron chi connectivity index (χ3n) is 6.42. The molecule has 1 heterocycles. The SMILES string of the molecule is O=C(NCCO)C(CCOC(c1ccccc1)(c1ccccc1)c1ccccc1)Cn1ccc(=O)[nH]c1=O. The van der Waals surface area contributed by atoms with Gasteiger partial charge in [-0.3, -0.25) is 19.1 Å². The average Bonchev–Trinajstić information content (AvgIpc) is 2.96. The van der Waals surface area contributed by atoms with Gasteiger partial charge in [0, 0.05) is 32.0 Å². The molecule has 0 aliphatic rings. The van der Waals surface area contributed by atoms with Gasteiger partial charge in [-0.2, -0.15) is 0 Å². The number of carbonyl (C=O) groups excluding carboxylic acids is 1. The molecule has 8 heteroatoms. The second-order valence-electron chi connectivity index (χ2n) is 8.89. The number of nitrogens with zero attached hydrogens (tertiary/aromatic N) is 1. The minimum absolute atomic E-state index is 0.0469. The number of hydrogen-bond acceptors (Lipinski definition) is 5. The molecule has 8 nitrogen and oxygen atoms in total. The van der Waals surface area contributed by atoms with Crippen LogP contribution in [0.5, 0.6) is 0 Å². The summed E-state index contributed by atoms with van der Waals surface area (Å²) in [6.07, 6.45) is 1.66. The summed E-state index contributed by atoms with van der Waals surface area (Å²) in [7, 11) is 0. The van der Waals surface area contributed by atoms with Crippen LogP contribution < -0.4 is 16.6 Å². The molecule has 1 aromatic heterocycles. The van der Waals surface area contributed by atoms with E-state index in [1.54, 1.807) is 0 Å². The number of amides is 1. The summed E-state index contributed by atoms with van der Waals surface area (Å²) in [4.78, 5) is 39.0. The number of nitrogens with one attached hydrogen (secondary N) is 2. The molecule has 0 spiro atoms. The molecular weight excluding hydrogens is 482 g/mol. The fourth-order valence-corrected chi connectivity index (χ4v) is 4.58. The molecule has 1 atom stereocenters. The molecular formula is C30H31N3O5. The molecule has 4 rings (SSSR count). The molecule has 0 aliphatic heterocycles. The summed E-state index contributed by atoms with van der Waals surface area (Å²) in [5, 5.41) is 11.9. The van der Waals surface area contributed by atoms with Crippen LogP contribution >= 0.6 is 0 Å². The number of aromatic amines is 1. The first-order valence-electron chi connectivity index (χ1n) is 12.5. The van der Waals surface area contributed by atoms with Crippen molar-refractivity contribution in [1.82, 2.24) is 14.9 Å². The Kier molecular flexibility index (Phi) is 9.02. The molecule has 0 radical (unpaired) electrons. The molecule has 1 unspecified atom stereocenters. The Bertz CT molecular complexity index is 1320. The maximum absolute atomic E-state index is 13.0. The number of ether oxygens (including phenoxy) is 1. The largest absolute Gasteiger partial charge is 0.395 e. The second kappa shape index (κ2) is 12.8. The van der Waals surface area contributed by atoms with Gasteiger partial charge in [0.2, 0.25) is 5.91 Å². The highest BCUT2D eigenvalue weighted by atomic mass is 16.5. The second-order valence-corrected chi connectivity index (χ2v) is 8.89. The van der Waals surface area contributed by atoms with Gasteiger partial charge in [-0.05, 0) is 23.1 Å². The Morgan fingerprint density at radius 3 is 1.87 bits per heavy atom. The van der Waals surface area contributed by atoms with Crippen LogP contribution in [-0.4, -0.2) is 40.3 Å². The van der Waals surface area contributed by atoms with Crippen LogP contribution in [-0.2, 0) is 21.7 Å². The zero-order valence-corrected chi connectivity index (χ0v) is 21.0. The van der Waals surface area contributed by atoms with Gasteiger partial charge >= 0.3 is 5.69 Å². The molecule has 38 heavy (non-hydrogen) atoms. The molecule has 0 bridgehead atoms. The first-order chi connectivity index (χ1) is 18.5. The third-order valence-corrected chi connectivity index (χ3v) is 6.42. The van der Waals surface area contributed by atoms with E-state index < -0.39 is 22.8 Å². The summed E-state index contributed by atoms with van der Waals surface area (Å²) in [5.74, 6) is -0.962. The van der Waals surface area contributed by atoms with Crippen LogP contribution in [0.4, 0.5) is 0 Å². The van der Waals surface area contributed by atoms with Gasteiger partial charge in [0.05, 0.1) is 12.5 Å². The molecule has 0 fully saturated rings. The highest BCUT2D eigenvalue weighted by Crippen LogP contribution is 2.40. The lowest BCUT2D eigenvalue weighted by Gasteiger charge is -2.36. The van der Waals surface area contributed by atoms with Crippen molar-refractivity contribution in [3.05, 3.63) is 141 Å². The fourth-order valence-electron chi connectivity index (χ4n) is 4.58. The first kappa shape index (κ1) is 26.8. The predicted molar refractivity (Wildman–Crippen MR) is 145 cm³/mol. The number of carbonyl (C=O) groups is 1. The van der Waals surface area contributed by atoms with E-state index >= 15 is 0 Å².